The highest BCUT2D eigenvalue weighted by Crippen LogP contribution is 2.41. The molecular weight excluding hydrogens is 519 g/mol. The second-order valence-corrected chi connectivity index (χ2v) is 10.4. The van der Waals surface area contributed by atoms with Gasteiger partial charge in [0, 0.05) is 24.0 Å². The lowest BCUT2D eigenvalue weighted by molar-refractivity contribution is -0.128. The molecule has 2 amide bonds. The molecule has 6 nitrogen and oxygen atoms in total. The van der Waals surface area contributed by atoms with Crippen LogP contribution in [-0.4, -0.2) is 27.8 Å². The minimum Gasteiger partial charge on any atom is -0.345 e. The number of carbonyl (C=O) groups excluding carboxylic acids is 2. The molecule has 1 aliphatic heterocycles. The van der Waals surface area contributed by atoms with Crippen molar-refractivity contribution in [2.75, 3.05) is 6.54 Å². The van der Waals surface area contributed by atoms with Gasteiger partial charge in [-0.1, -0.05) is 24.3 Å². The Morgan fingerprint density at radius 1 is 0.950 bits per heavy atom. The Morgan fingerprint density at radius 3 is 2.38 bits per heavy atom. The van der Waals surface area contributed by atoms with Crippen molar-refractivity contribution in [1.82, 2.24) is 14.8 Å². The van der Waals surface area contributed by atoms with Crippen LogP contribution in [0.15, 0.2) is 71.5 Å². The number of hydrogen-bond donors (Lipinski definition) is 1. The quantitative estimate of drug-likeness (QED) is 0.338. The summed E-state index contributed by atoms with van der Waals surface area (Å²) in [6, 6.07) is 14.7. The summed E-state index contributed by atoms with van der Waals surface area (Å²) in [4.78, 5) is 42.2. The highest BCUT2D eigenvalue weighted by molar-refractivity contribution is 6.08. The molecule has 1 N–H and O–H groups in total. The van der Waals surface area contributed by atoms with Crippen molar-refractivity contribution in [3.05, 3.63) is 111 Å². The topological polar surface area (TPSA) is 71.4 Å². The Hall–Kier alpha value is -4.40. The van der Waals surface area contributed by atoms with Crippen LogP contribution in [0.1, 0.15) is 53.3 Å². The zero-order chi connectivity index (χ0) is 28.0. The Labute approximate surface area is 228 Å². The van der Waals surface area contributed by atoms with Gasteiger partial charge in [-0.25, -0.2) is 13.2 Å². The number of nitrogens with one attached hydrogen (secondary N) is 1. The van der Waals surface area contributed by atoms with Gasteiger partial charge in [-0.05, 0) is 73.2 Å². The van der Waals surface area contributed by atoms with Crippen LogP contribution in [0.3, 0.4) is 0 Å². The largest absolute Gasteiger partial charge is 0.345 e. The first-order valence-corrected chi connectivity index (χ1v) is 13.3. The summed E-state index contributed by atoms with van der Waals surface area (Å²) in [5.74, 6) is -2.36. The van der Waals surface area contributed by atoms with E-state index in [-0.39, 0.29) is 46.1 Å². The van der Waals surface area contributed by atoms with Crippen molar-refractivity contribution < 1.29 is 22.8 Å². The molecule has 2 fully saturated rings. The molecule has 0 bridgehead atoms. The standard InChI is InChI=1S/C31H26F3N3O3/c32-20-11-13-22(14-12-20)37-25(17-36-15-3-8-26(36)38)28(23-6-2-7-24(34)27(23)31(37)40)30(39)35-29(18-9-10-18)19-4-1-5-21(33)16-19/h1-2,4-7,11-14,16,18,29H,3,8-10,15,17H2,(H,35,39)/t29-/m0/s1. The molecule has 40 heavy (non-hydrogen) atoms. The summed E-state index contributed by atoms with van der Waals surface area (Å²) in [6.07, 6.45) is 2.67. The van der Waals surface area contributed by atoms with Crippen molar-refractivity contribution in [2.24, 2.45) is 5.92 Å². The smallest absolute Gasteiger partial charge is 0.266 e. The molecule has 0 radical (unpaired) electrons. The van der Waals surface area contributed by atoms with Crippen LogP contribution in [0.4, 0.5) is 13.2 Å². The van der Waals surface area contributed by atoms with Gasteiger partial charge < -0.3 is 10.2 Å². The van der Waals surface area contributed by atoms with Gasteiger partial charge >= 0.3 is 0 Å². The van der Waals surface area contributed by atoms with Crippen LogP contribution in [0.5, 0.6) is 0 Å². The molecule has 6 rings (SSSR count). The Morgan fingerprint density at radius 2 is 1.70 bits per heavy atom. The highest BCUT2D eigenvalue weighted by atomic mass is 19.1. The molecule has 1 atom stereocenters. The number of benzene rings is 3. The number of fused-ring (bicyclic) bond motifs is 1. The average Bonchev–Trinajstić information content (AvgIpc) is 3.69. The first-order chi connectivity index (χ1) is 19.3. The SMILES string of the molecule is O=C(N[C@H](c1cccc(F)c1)C1CC1)c1c(CN2CCCC2=O)n(-c2ccc(F)cc2)c(=O)c2c(F)cccc12. The fourth-order valence-corrected chi connectivity index (χ4v) is 5.59. The third kappa shape index (κ3) is 4.76. The maximum atomic E-state index is 15.2. The van der Waals surface area contributed by atoms with E-state index < -0.39 is 35.0 Å². The van der Waals surface area contributed by atoms with E-state index in [1.54, 1.807) is 17.0 Å². The Kier molecular flexibility index (Phi) is 6.65. The number of carbonyl (C=O) groups is 2. The zero-order valence-electron chi connectivity index (χ0n) is 21.5. The molecular formula is C31H26F3N3O3. The van der Waals surface area contributed by atoms with E-state index in [0.29, 0.717) is 24.9 Å². The molecule has 1 aliphatic carbocycles. The minimum atomic E-state index is -0.805. The van der Waals surface area contributed by atoms with E-state index in [4.69, 9.17) is 0 Å². The summed E-state index contributed by atoms with van der Waals surface area (Å²) in [5, 5.41) is 2.85. The van der Waals surface area contributed by atoms with E-state index in [0.717, 1.165) is 18.9 Å². The van der Waals surface area contributed by atoms with Gasteiger partial charge in [-0.3, -0.25) is 19.0 Å². The van der Waals surface area contributed by atoms with Gasteiger partial charge in [0.05, 0.1) is 29.2 Å². The monoisotopic (exact) mass is 545 g/mol. The van der Waals surface area contributed by atoms with Gasteiger partial charge in [0.15, 0.2) is 0 Å². The number of likely N-dealkylation sites (tertiary alicyclic amines) is 1. The van der Waals surface area contributed by atoms with E-state index >= 15 is 4.39 Å². The van der Waals surface area contributed by atoms with Gasteiger partial charge in [0.1, 0.15) is 17.5 Å². The number of aromatic nitrogens is 1. The molecule has 2 aliphatic rings. The van der Waals surface area contributed by atoms with Gasteiger partial charge in [-0.2, -0.15) is 0 Å². The van der Waals surface area contributed by atoms with E-state index in [2.05, 4.69) is 5.32 Å². The number of pyridine rings is 1. The van der Waals surface area contributed by atoms with Crippen molar-refractivity contribution >= 4 is 22.6 Å². The molecule has 1 aromatic heterocycles. The zero-order valence-corrected chi connectivity index (χ0v) is 21.5. The van der Waals surface area contributed by atoms with Crippen LogP contribution >= 0.6 is 0 Å². The molecule has 3 aromatic carbocycles. The molecule has 0 spiro atoms. The summed E-state index contributed by atoms with van der Waals surface area (Å²) < 4.78 is 44.4. The van der Waals surface area contributed by atoms with Gasteiger partial charge in [0.25, 0.3) is 11.5 Å². The fraction of sp³-hybridized carbons (Fsp3) is 0.258. The number of halogens is 3. The number of amides is 2. The lowest BCUT2D eigenvalue weighted by atomic mass is 9.98. The molecule has 1 saturated carbocycles. The fourth-order valence-electron chi connectivity index (χ4n) is 5.59. The molecule has 9 heteroatoms. The number of hydrogen-bond acceptors (Lipinski definition) is 3. The third-order valence-electron chi connectivity index (χ3n) is 7.67. The summed E-state index contributed by atoms with van der Waals surface area (Å²) in [6.45, 7) is 0.362. The predicted molar refractivity (Wildman–Crippen MR) is 143 cm³/mol. The van der Waals surface area contributed by atoms with E-state index in [9.17, 15) is 23.2 Å². The van der Waals surface area contributed by atoms with Crippen molar-refractivity contribution in [3.8, 4) is 5.69 Å². The maximum absolute atomic E-state index is 15.2. The van der Waals surface area contributed by atoms with Crippen LogP contribution in [0.25, 0.3) is 16.5 Å². The second kappa shape index (κ2) is 10.3. The Balaban J connectivity index is 1.58. The second-order valence-electron chi connectivity index (χ2n) is 10.4. The number of nitrogens with zero attached hydrogens (tertiary/aromatic N) is 2. The molecule has 204 valence electrons. The summed E-state index contributed by atoms with van der Waals surface area (Å²) in [7, 11) is 0. The first-order valence-electron chi connectivity index (χ1n) is 13.3. The molecule has 4 aromatic rings. The van der Waals surface area contributed by atoms with Gasteiger partial charge in [-0.15, -0.1) is 0 Å². The van der Waals surface area contributed by atoms with Crippen molar-refractivity contribution in [2.45, 2.75) is 38.3 Å². The summed E-state index contributed by atoms with van der Waals surface area (Å²) in [5.41, 5.74) is 0.351. The summed E-state index contributed by atoms with van der Waals surface area (Å²) >= 11 is 0. The van der Waals surface area contributed by atoms with Crippen LogP contribution < -0.4 is 10.9 Å². The highest BCUT2D eigenvalue weighted by Gasteiger charge is 2.36. The molecule has 0 unspecified atom stereocenters. The maximum Gasteiger partial charge on any atom is 0.266 e. The van der Waals surface area contributed by atoms with Crippen LogP contribution in [0, 0.1) is 23.4 Å². The van der Waals surface area contributed by atoms with E-state index in [1.807, 2.05) is 0 Å². The predicted octanol–water partition coefficient (Wildman–Crippen LogP) is 5.41. The minimum absolute atomic E-state index is 0.0418. The van der Waals surface area contributed by atoms with Crippen molar-refractivity contribution in [1.29, 1.82) is 0 Å². The van der Waals surface area contributed by atoms with E-state index in [1.165, 1.54) is 53.1 Å². The lowest BCUT2D eigenvalue weighted by Gasteiger charge is -2.25. The number of rotatable bonds is 7. The van der Waals surface area contributed by atoms with Crippen LogP contribution in [-0.2, 0) is 11.3 Å². The Bertz CT molecular complexity index is 1700. The van der Waals surface area contributed by atoms with Crippen molar-refractivity contribution in [3.63, 3.8) is 0 Å². The average molecular weight is 546 g/mol. The first kappa shape index (κ1) is 25.9. The lowest BCUT2D eigenvalue weighted by Crippen LogP contribution is -2.36. The van der Waals surface area contributed by atoms with Gasteiger partial charge in [0.2, 0.25) is 5.91 Å². The van der Waals surface area contributed by atoms with Crippen LogP contribution in [0.2, 0.25) is 0 Å². The normalized spacial score (nSPS) is 16.0. The molecule has 2 heterocycles. The third-order valence-corrected chi connectivity index (χ3v) is 7.67. The molecule has 1 saturated heterocycles.